The molecular weight excluding hydrogens is 232 g/mol. The largest absolute Gasteiger partial charge is 0.490 e. The zero-order chi connectivity index (χ0) is 14.3. The molecule has 106 valence electrons. The van der Waals surface area contributed by atoms with Crippen molar-refractivity contribution in [3.63, 3.8) is 0 Å². The molecule has 0 fully saturated rings. The highest BCUT2D eigenvalue weighted by atomic mass is 16.5. The van der Waals surface area contributed by atoms with Crippen molar-refractivity contribution >= 4 is 0 Å². The maximum atomic E-state index is 6.21. The lowest BCUT2D eigenvalue weighted by Gasteiger charge is -2.36. The van der Waals surface area contributed by atoms with Crippen LogP contribution in [0.25, 0.3) is 0 Å². The number of hydrogen-bond acceptors (Lipinski definition) is 1. The van der Waals surface area contributed by atoms with E-state index in [2.05, 4.69) is 54.5 Å². The van der Waals surface area contributed by atoms with E-state index in [1.54, 1.807) is 0 Å². The van der Waals surface area contributed by atoms with Gasteiger partial charge in [-0.2, -0.15) is 0 Å². The molecule has 0 aliphatic carbocycles. The fourth-order valence-electron chi connectivity index (χ4n) is 3.27. The van der Waals surface area contributed by atoms with Crippen LogP contribution in [0.3, 0.4) is 0 Å². The van der Waals surface area contributed by atoms with Crippen molar-refractivity contribution in [2.24, 2.45) is 5.92 Å². The lowest BCUT2D eigenvalue weighted by Crippen LogP contribution is -2.27. The minimum absolute atomic E-state index is 0.334. The maximum absolute atomic E-state index is 6.21. The smallest absolute Gasteiger partial charge is 0.126 e. The summed E-state index contributed by atoms with van der Waals surface area (Å²) in [6.07, 6.45) is 1.48. The van der Waals surface area contributed by atoms with Crippen LogP contribution in [0.5, 0.6) is 5.75 Å². The monoisotopic (exact) mass is 260 g/mol. The van der Waals surface area contributed by atoms with Gasteiger partial charge in [-0.1, -0.05) is 33.8 Å². The molecule has 1 aromatic rings. The molecule has 1 heteroatoms. The van der Waals surface area contributed by atoms with E-state index in [4.69, 9.17) is 4.74 Å². The summed E-state index contributed by atoms with van der Waals surface area (Å²) < 4.78 is 6.21. The number of aryl methyl sites for hydroxylation is 1. The molecule has 2 rings (SSSR count). The predicted octanol–water partition coefficient (Wildman–Crippen LogP) is 5.34. The van der Waals surface area contributed by atoms with Crippen LogP contribution in [0.2, 0.25) is 0 Å². The highest BCUT2D eigenvalue weighted by molar-refractivity contribution is 5.54. The van der Waals surface area contributed by atoms with Gasteiger partial charge in [-0.05, 0) is 61.6 Å². The number of fused-ring (bicyclic) bond motifs is 1. The minimum Gasteiger partial charge on any atom is -0.490 e. The molecule has 0 spiro atoms. The summed E-state index contributed by atoms with van der Waals surface area (Å²) in [6, 6.07) is 2.38. The summed E-state index contributed by atoms with van der Waals surface area (Å²) in [5, 5.41) is 0. The third-order valence-electron chi connectivity index (χ3n) is 4.56. The first-order valence-electron chi connectivity index (χ1n) is 7.63. The van der Waals surface area contributed by atoms with E-state index in [1.807, 2.05) is 0 Å². The van der Waals surface area contributed by atoms with E-state index in [0.717, 1.165) is 6.42 Å². The Balaban J connectivity index is 2.68. The summed E-state index contributed by atoms with van der Waals surface area (Å²) in [5.74, 6) is 3.05. The third-order valence-corrected chi connectivity index (χ3v) is 4.56. The summed E-state index contributed by atoms with van der Waals surface area (Å²) in [4.78, 5) is 0. The molecule has 0 amide bonds. The van der Waals surface area contributed by atoms with Gasteiger partial charge < -0.3 is 4.74 Å². The van der Waals surface area contributed by atoms with Crippen LogP contribution in [-0.2, 0) is 0 Å². The molecule has 0 bridgehead atoms. The summed E-state index contributed by atoms with van der Waals surface area (Å²) in [6.45, 7) is 15.9. The van der Waals surface area contributed by atoms with E-state index in [1.165, 1.54) is 28.0 Å². The van der Waals surface area contributed by atoms with Crippen molar-refractivity contribution in [2.45, 2.75) is 72.8 Å². The molecule has 0 saturated heterocycles. The van der Waals surface area contributed by atoms with E-state index in [0.29, 0.717) is 23.9 Å². The van der Waals surface area contributed by atoms with E-state index in [9.17, 15) is 0 Å². The highest BCUT2D eigenvalue weighted by Gasteiger charge is 2.32. The van der Waals surface area contributed by atoms with Gasteiger partial charge in [0.1, 0.15) is 5.75 Å². The Bertz CT molecular complexity index is 471. The van der Waals surface area contributed by atoms with Gasteiger partial charge in [-0.3, -0.25) is 0 Å². The zero-order valence-corrected chi connectivity index (χ0v) is 13.5. The van der Waals surface area contributed by atoms with Crippen LogP contribution in [0, 0.1) is 19.8 Å². The lowest BCUT2D eigenvalue weighted by atomic mass is 9.76. The minimum atomic E-state index is 0.334. The van der Waals surface area contributed by atoms with Crippen molar-refractivity contribution in [1.82, 2.24) is 0 Å². The number of rotatable bonds is 2. The van der Waals surface area contributed by atoms with Crippen LogP contribution >= 0.6 is 0 Å². The summed E-state index contributed by atoms with van der Waals surface area (Å²) in [7, 11) is 0. The van der Waals surface area contributed by atoms with E-state index < -0.39 is 0 Å². The van der Waals surface area contributed by atoms with Crippen LogP contribution in [0.15, 0.2) is 6.07 Å². The average Bonchev–Trinajstić information content (AvgIpc) is 2.32. The Labute approximate surface area is 118 Å². The fraction of sp³-hybridized carbons (Fsp3) is 0.667. The lowest BCUT2D eigenvalue weighted by molar-refractivity contribution is 0.160. The van der Waals surface area contributed by atoms with Crippen molar-refractivity contribution in [2.75, 3.05) is 0 Å². The Morgan fingerprint density at radius 2 is 1.79 bits per heavy atom. The van der Waals surface area contributed by atoms with Gasteiger partial charge in [-0.25, -0.2) is 0 Å². The average molecular weight is 260 g/mol. The van der Waals surface area contributed by atoms with E-state index >= 15 is 0 Å². The molecule has 19 heavy (non-hydrogen) atoms. The molecule has 2 atom stereocenters. The van der Waals surface area contributed by atoms with Gasteiger partial charge in [0, 0.05) is 5.56 Å². The number of benzene rings is 1. The predicted molar refractivity (Wildman–Crippen MR) is 82.3 cm³/mol. The van der Waals surface area contributed by atoms with Crippen LogP contribution < -0.4 is 4.74 Å². The zero-order valence-electron chi connectivity index (χ0n) is 13.5. The molecule has 1 heterocycles. The highest BCUT2D eigenvalue weighted by Crippen LogP contribution is 2.46. The van der Waals surface area contributed by atoms with Gasteiger partial charge in [-0.15, -0.1) is 0 Å². The Hall–Kier alpha value is -0.980. The fourth-order valence-corrected chi connectivity index (χ4v) is 3.27. The van der Waals surface area contributed by atoms with Gasteiger partial charge in [0.05, 0.1) is 6.10 Å². The molecule has 0 saturated carbocycles. The Kier molecular flexibility index (Phi) is 3.94. The molecule has 1 unspecified atom stereocenters. The van der Waals surface area contributed by atoms with Gasteiger partial charge in [0.2, 0.25) is 0 Å². The number of ether oxygens (including phenoxy) is 1. The molecule has 1 nitrogen and oxygen atoms in total. The second-order valence-corrected chi connectivity index (χ2v) is 6.82. The van der Waals surface area contributed by atoms with Crippen molar-refractivity contribution < 1.29 is 4.74 Å². The normalized spacial score (nSPS) is 22.6. The summed E-state index contributed by atoms with van der Waals surface area (Å²) >= 11 is 0. The van der Waals surface area contributed by atoms with Crippen LogP contribution in [0.4, 0.5) is 0 Å². The molecule has 1 aliphatic heterocycles. The molecule has 1 aromatic carbocycles. The second-order valence-electron chi connectivity index (χ2n) is 6.82. The third kappa shape index (κ3) is 2.52. The first kappa shape index (κ1) is 14.4. The topological polar surface area (TPSA) is 9.23 Å². The first-order valence-corrected chi connectivity index (χ1v) is 7.63. The van der Waals surface area contributed by atoms with Gasteiger partial charge in [0.25, 0.3) is 0 Å². The van der Waals surface area contributed by atoms with E-state index in [-0.39, 0.29) is 0 Å². The molecule has 0 N–H and O–H groups in total. The molecule has 0 radical (unpaired) electrons. The van der Waals surface area contributed by atoms with Crippen molar-refractivity contribution in [3.8, 4) is 5.75 Å². The van der Waals surface area contributed by atoms with Crippen LogP contribution in [-0.4, -0.2) is 6.10 Å². The van der Waals surface area contributed by atoms with Gasteiger partial charge >= 0.3 is 0 Å². The quantitative estimate of drug-likeness (QED) is 0.697. The SMILES string of the molecule is Cc1cc(C(C)C)c2c(c1C)O[C@@H](C)CC2C(C)C. The molecular formula is C18H28O. The number of hydrogen-bond donors (Lipinski definition) is 0. The molecule has 0 aromatic heterocycles. The van der Waals surface area contributed by atoms with Crippen molar-refractivity contribution in [1.29, 1.82) is 0 Å². The maximum Gasteiger partial charge on any atom is 0.126 e. The first-order chi connectivity index (χ1) is 8.82. The Morgan fingerprint density at radius 1 is 1.16 bits per heavy atom. The Morgan fingerprint density at radius 3 is 2.32 bits per heavy atom. The van der Waals surface area contributed by atoms with Crippen LogP contribution in [0.1, 0.15) is 75.1 Å². The standard InChI is InChI=1S/C18H28O/c1-10(2)15-8-12(5)14(7)18-17(15)16(11(3)4)9-13(6)19-18/h8,10-11,13,16H,9H2,1-7H3/t13-,16?/m0/s1. The van der Waals surface area contributed by atoms with Crippen molar-refractivity contribution in [3.05, 3.63) is 28.3 Å². The summed E-state index contributed by atoms with van der Waals surface area (Å²) in [5.41, 5.74) is 5.67. The van der Waals surface area contributed by atoms with Gasteiger partial charge in [0.15, 0.2) is 0 Å². The molecule has 1 aliphatic rings. The second kappa shape index (κ2) is 5.19.